The van der Waals surface area contributed by atoms with E-state index in [1.807, 2.05) is 0 Å². The Morgan fingerprint density at radius 2 is 1.76 bits per heavy atom. The quantitative estimate of drug-likeness (QED) is 0.670. The van der Waals surface area contributed by atoms with Crippen LogP contribution in [0.2, 0.25) is 0 Å². The zero-order chi connectivity index (χ0) is 14.8. The van der Waals surface area contributed by atoms with Crippen molar-refractivity contribution in [3.8, 4) is 0 Å². The van der Waals surface area contributed by atoms with Crippen LogP contribution in [0, 0.1) is 34.5 Å². The Morgan fingerprint density at radius 1 is 0.952 bits per heavy atom. The van der Waals surface area contributed by atoms with Crippen LogP contribution in [0.15, 0.2) is 12.2 Å². The van der Waals surface area contributed by atoms with Crippen molar-refractivity contribution in [1.29, 1.82) is 0 Å². The molecule has 0 radical (unpaired) electrons. The Morgan fingerprint density at radius 3 is 2.57 bits per heavy atom. The maximum absolute atomic E-state index is 10.5. The van der Waals surface area contributed by atoms with Gasteiger partial charge in [-0.1, -0.05) is 26.0 Å². The molecule has 2 N–H and O–H groups in total. The van der Waals surface area contributed by atoms with E-state index in [-0.39, 0.29) is 23.0 Å². The van der Waals surface area contributed by atoms with Crippen LogP contribution in [0.5, 0.6) is 0 Å². The predicted molar refractivity (Wildman–Crippen MR) is 83.6 cm³/mol. The van der Waals surface area contributed by atoms with E-state index in [2.05, 4.69) is 26.0 Å². The van der Waals surface area contributed by atoms with E-state index in [0.717, 1.165) is 30.6 Å². The second-order valence-corrected chi connectivity index (χ2v) is 8.82. The van der Waals surface area contributed by atoms with Crippen molar-refractivity contribution in [3.05, 3.63) is 12.2 Å². The zero-order valence-electron chi connectivity index (χ0n) is 13.5. The molecule has 0 aliphatic heterocycles. The summed E-state index contributed by atoms with van der Waals surface area (Å²) in [5.41, 5.74) is 0.472. The number of fused-ring (bicyclic) bond motifs is 5. The maximum atomic E-state index is 10.5. The Bertz CT molecular complexity index is 458. The molecule has 0 saturated heterocycles. The number of aliphatic hydroxyl groups is 2. The van der Waals surface area contributed by atoms with Crippen molar-refractivity contribution < 1.29 is 10.2 Å². The summed E-state index contributed by atoms with van der Waals surface area (Å²) in [6.07, 6.45) is 12.4. The monoisotopic (exact) mass is 290 g/mol. The topological polar surface area (TPSA) is 40.5 Å². The van der Waals surface area contributed by atoms with Crippen molar-refractivity contribution in [1.82, 2.24) is 0 Å². The average Bonchev–Trinajstić information content (AvgIpc) is 2.76. The third kappa shape index (κ3) is 1.84. The highest BCUT2D eigenvalue weighted by Gasteiger charge is 2.59. The lowest BCUT2D eigenvalue weighted by atomic mass is 9.46. The summed E-state index contributed by atoms with van der Waals surface area (Å²) in [4.78, 5) is 0. The van der Waals surface area contributed by atoms with Gasteiger partial charge in [-0.25, -0.2) is 0 Å². The number of hydrogen-bond donors (Lipinski definition) is 2. The molecule has 0 bridgehead atoms. The van der Waals surface area contributed by atoms with Crippen LogP contribution in [0.1, 0.15) is 58.8 Å². The van der Waals surface area contributed by atoms with Gasteiger partial charge in [-0.3, -0.25) is 0 Å². The first kappa shape index (κ1) is 14.3. The molecule has 0 unspecified atom stereocenters. The lowest BCUT2D eigenvalue weighted by Gasteiger charge is -2.59. The van der Waals surface area contributed by atoms with Gasteiger partial charge in [0.25, 0.3) is 0 Å². The number of allylic oxidation sites excluding steroid dienone is 1. The maximum Gasteiger partial charge on any atom is 0.0724 e. The molecule has 0 spiro atoms. The first-order valence-electron chi connectivity index (χ1n) is 9.00. The molecule has 0 aromatic carbocycles. The van der Waals surface area contributed by atoms with Crippen molar-refractivity contribution in [3.63, 3.8) is 0 Å². The van der Waals surface area contributed by atoms with E-state index < -0.39 is 0 Å². The molecule has 3 saturated carbocycles. The fourth-order valence-electron chi connectivity index (χ4n) is 6.76. The van der Waals surface area contributed by atoms with Gasteiger partial charge in [0.15, 0.2) is 0 Å². The molecular formula is C19H30O2. The highest BCUT2D eigenvalue weighted by atomic mass is 16.3. The molecule has 21 heavy (non-hydrogen) atoms. The van der Waals surface area contributed by atoms with Crippen LogP contribution < -0.4 is 0 Å². The summed E-state index contributed by atoms with van der Waals surface area (Å²) in [5.74, 6) is 2.95. The fourth-order valence-corrected chi connectivity index (χ4v) is 6.76. The summed E-state index contributed by atoms with van der Waals surface area (Å²) in [6, 6.07) is 0. The van der Waals surface area contributed by atoms with Crippen LogP contribution in [-0.2, 0) is 0 Å². The second-order valence-electron chi connectivity index (χ2n) is 8.82. The third-order valence-corrected chi connectivity index (χ3v) is 8.12. The van der Waals surface area contributed by atoms with Crippen molar-refractivity contribution >= 4 is 0 Å². The summed E-state index contributed by atoms with van der Waals surface area (Å²) >= 11 is 0. The molecule has 4 rings (SSSR count). The van der Waals surface area contributed by atoms with Crippen molar-refractivity contribution in [2.45, 2.75) is 71.0 Å². The molecule has 8 atom stereocenters. The second kappa shape index (κ2) is 4.58. The van der Waals surface area contributed by atoms with Crippen LogP contribution in [0.25, 0.3) is 0 Å². The van der Waals surface area contributed by atoms with Gasteiger partial charge in [-0.2, -0.15) is 0 Å². The van der Waals surface area contributed by atoms with E-state index in [1.54, 1.807) is 0 Å². The lowest BCUT2D eigenvalue weighted by molar-refractivity contribution is -0.0994. The Balaban J connectivity index is 1.67. The molecule has 4 aliphatic rings. The van der Waals surface area contributed by atoms with Crippen LogP contribution in [0.4, 0.5) is 0 Å². The van der Waals surface area contributed by atoms with E-state index in [4.69, 9.17) is 0 Å². The van der Waals surface area contributed by atoms with Gasteiger partial charge in [0.2, 0.25) is 0 Å². The fraction of sp³-hybridized carbons (Fsp3) is 0.895. The SMILES string of the molecule is C[C@]12C=C[C@H](O)C[C@H]1CC[C@@H]1[C@@H]2CC[C@]2(C)[C@H](O)CC[C@@H]12. The highest BCUT2D eigenvalue weighted by Crippen LogP contribution is 2.65. The molecule has 118 valence electrons. The van der Waals surface area contributed by atoms with Gasteiger partial charge < -0.3 is 10.2 Å². The molecule has 4 aliphatic carbocycles. The van der Waals surface area contributed by atoms with Crippen molar-refractivity contribution in [2.24, 2.45) is 34.5 Å². The first-order chi connectivity index (χ1) is 9.95. The van der Waals surface area contributed by atoms with E-state index >= 15 is 0 Å². The van der Waals surface area contributed by atoms with Gasteiger partial charge in [-0.05, 0) is 79.4 Å². The van der Waals surface area contributed by atoms with Gasteiger partial charge >= 0.3 is 0 Å². The smallest absolute Gasteiger partial charge is 0.0724 e. The zero-order valence-corrected chi connectivity index (χ0v) is 13.5. The van der Waals surface area contributed by atoms with E-state index in [1.165, 1.54) is 32.1 Å². The average molecular weight is 290 g/mol. The standard InChI is InChI=1S/C19H30O2/c1-18-9-7-13(20)11-12(18)3-4-14-15-5-6-17(21)19(15,2)10-8-16(14)18/h7,9,12-17,20-21H,3-6,8,10-11H2,1-2H3/t12-,13+,14+,15+,16+,17-,18+,19+/m1/s1. The molecule has 0 amide bonds. The molecule has 0 aromatic rings. The molecule has 2 heteroatoms. The minimum atomic E-state index is -0.221. The number of hydrogen-bond acceptors (Lipinski definition) is 2. The van der Waals surface area contributed by atoms with Gasteiger partial charge in [0.1, 0.15) is 0 Å². The van der Waals surface area contributed by atoms with Crippen LogP contribution in [0.3, 0.4) is 0 Å². The van der Waals surface area contributed by atoms with E-state index in [9.17, 15) is 10.2 Å². The Labute approximate surface area is 128 Å². The summed E-state index contributed by atoms with van der Waals surface area (Å²) in [6.45, 7) is 4.80. The number of rotatable bonds is 0. The minimum Gasteiger partial charge on any atom is -0.393 e. The lowest BCUT2D eigenvalue weighted by Crippen LogP contribution is -2.53. The van der Waals surface area contributed by atoms with Crippen LogP contribution >= 0.6 is 0 Å². The van der Waals surface area contributed by atoms with Crippen molar-refractivity contribution in [2.75, 3.05) is 0 Å². The Hall–Kier alpha value is -0.340. The first-order valence-corrected chi connectivity index (χ1v) is 9.00. The van der Waals surface area contributed by atoms with Gasteiger partial charge in [-0.15, -0.1) is 0 Å². The molecule has 3 fully saturated rings. The largest absolute Gasteiger partial charge is 0.393 e. The van der Waals surface area contributed by atoms with Gasteiger partial charge in [0, 0.05) is 0 Å². The third-order valence-electron chi connectivity index (χ3n) is 8.12. The predicted octanol–water partition coefficient (Wildman–Crippen LogP) is 3.53. The molecule has 0 heterocycles. The minimum absolute atomic E-state index is 0.0716. The summed E-state index contributed by atoms with van der Waals surface area (Å²) in [7, 11) is 0. The Kier molecular flexibility index (Phi) is 3.11. The molecule has 0 aromatic heterocycles. The van der Waals surface area contributed by atoms with Crippen LogP contribution in [-0.4, -0.2) is 22.4 Å². The highest BCUT2D eigenvalue weighted by molar-refractivity contribution is 5.17. The molecule has 2 nitrogen and oxygen atoms in total. The van der Waals surface area contributed by atoms with E-state index in [0.29, 0.717) is 5.92 Å². The van der Waals surface area contributed by atoms with Gasteiger partial charge in [0.05, 0.1) is 12.2 Å². The summed E-state index contributed by atoms with van der Waals surface area (Å²) in [5, 5.41) is 20.4. The normalized spacial score (nSPS) is 59.2. The summed E-state index contributed by atoms with van der Waals surface area (Å²) < 4.78 is 0. The molecular weight excluding hydrogens is 260 g/mol. The number of aliphatic hydroxyl groups excluding tert-OH is 2.